The standard InChI is InChI=1S/C28H33ClN4O2/c1-22(34)32-21-27(25-7-2-4-16-30-25,26-8-3-5-17-31-26)13-6-18-33-19-14-28(35,15-20-33)23-9-11-24(29)12-10-23/h2-5,7-12,16-17,35H,6,13-15,18-21H2,1H3,(H,32,34). The van der Waals surface area contributed by atoms with E-state index in [1.54, 1.807) is 12.4 Å². The molecule has 1 fully saturated rings. The Labute approximate surface area is 212 Å². The number of hydrogen-bond acceptors (Lipinski definition) is 5. The molecule has 0 saturated carbocycles. The monoisotopic (exact) mass is 492 g/mol. The highest BCUT2D eigenvalue weighted by molar-refractivity contribution is 6.30. The number of halogens is 1. The molecule has 2 aromatic heterocycles. The first kappa shape index (κ1) is 25.3. The second-order valence-electron chi connectivity index (χ2n) is 9.41. The number of nitrogens with one attached hydrogen (secondary N) is 1. The molecule has 0 atom stereocenters. The number of nitrogens with zero attached hydrogens (tertiary/aromatic N) is 3. The van der Waals surface area contributed by atoms with E-state index in [0.29, 0.717) is 24.4 Å². The fraction of sp³-hybridized carbons (Fsp3) is 0.393. The smallest absolute Gasteiger partial charge is 0.216 e. The number of aliphatic hydroxyl groups is 1. The molecule has 184 valence electrons. The number of piperidine rings is 1. The number of likely N-dealkylation sites (tertiary alicyclic amines) is 1. The highest BCUT2D eigenvalue weighted by Gasteiger charge is 2.38. The number of benzene rings is 1. The zero-order valence-electron chi connectivity index (χ0n) is 20.2. The van der Waals surface area contributed by atoms with Crippen LogP contribution in [-0.4, -0.2) is 52.1 Å². The molecule has 0 unspecified atom stereocenters. The van der Waals surface area contributed by atoms with Crippen molar-refractivity contribution in [2.75, 3.05) is 26.2 Å². The molecule has 3 aromatic rings. The quantitative estimate of drug-likeness (QED) is 0.465. The van der Waals surface area contributed by atoms with Gasteiger partial charge in [0.25, 0.3) is 0 Å². The Balaban J connectivity index is 1.46. The van der Waals surface area contributed by atoms with Crippen LogP contribution in [0, 0.1) is 0 Å². The minimum Gasteiger partial charge on any atom is -0.385 e. The summed E-state index contributed by atoms with van der Waals surface area (Å²) in [5, 5.41) is 14.9. The summed E-state index contributed by atoms with van der Waals surface area (Å²) >= 11 is 6.02. The van der Waals surface area contributed by atoms with Crippen LogP contribution in [0.1, 0.15) is 49.6 Å². The van der Waals surface area contributed by atoms with Crippen LogP contribution in [0.3, 0.4) is 0 Å². The number of aromatic nitrogens is 2. The predicted molar refractivity (Wildman–Crippen MR) is 138 cm³/mol. The van der Waals surface area contributed by atoms with Gasteiger partial charge < -0.3 is 15.3 Å². The molecular formula is C28H33ClN4O2. The molecule has 3 heterocycles. The Kier molecular flexibility index (Phi) is 8.16. The van der Waals surface area contributed by atoms with Crippen LogP contribution in [0.4, 0.5) is 0 Å². The van der Waals surface area contributed by atoms with Crippen LogP contribution in [0.15, 0.2) is 73.1 Å². The Morgan fingerprint density at radius 1 is 1.03 bits per heavy atom. The van der Waals surface area contributed by atoms with Gasteiger partial charge in [-0.2, -0.15) is 0 Å². The molecule has 6 nitrogen and oxygen atoms in total. The van der Waals surface area contributed by atoms with Crippen molar-refractivity contribution < 1.29 is 9.90 Å². The molecule has 2 N–H and O–H groups in total. The van der Waals surface area contributed by atoms with Gasteiger partial charge in [-0.05, 0) is 74.2 Å². The zero-order valence-corrected chi connectivity index (χ0v) is 20.9. The number of carbonyl (C=O) groups is 1. The summed E-state index contributed by atoms with van der Waals surface area (Å²) < 4.78 is 0. The minimum atomic E-state index is -0.807. The van der Waals surface area contributed by atoms with Crippen molar-refractivity contribution in [2.45, 2.75) is 43.6 Å². The zero-order chi connectivity index (χ0) is 24.7. The fourth-order valence-corrected chi connectivity index (χ4v) is 5.15. The maximum Gasteiger partial charge on any atom is 0.216 e. The molecule has 4 rings (SSSR count). The molecule has 0 aliphatic carbocycles. The number of rotatable bonds is 9. The molecule has 1 saturated heterocycles. The van der Waals surface area contributed by atoms with E-state index in [0.717, 1.165) is 49.4 Å². The second kappa shape index (κ2) is 11.3. The molecule has 0 bridgehead atoms. The van der Waals surface area contributed by atoms with Crippen molar-refractivity contribution in [3.63, 3.8) is 0 Å². The van der Waals surface area contributed by atoms with E-state index < -0.39 is 11.0 Å². The van der Waals surface area contributed by atoms with Gasteiger partial charge in [0.1, 0.15) is 0 Å². The van der Waals surface area contributed by atoms with Crippen molar-refractivity contribution in [2.24, 2.45) is 0 Å². The third-order valence-corrected chi connectivity index (χ3v) is 7.34. The summed E-state index contributed by atoms with van der Waals surface area (Å²) in [4.78, 5) is 23.7. The molecule has 1 aromatic carbocycles. The number of carbonyl (C=O) groups excluding carboxylic acids is 1. The maximum atomic E-state index is 11.9. The number of amides is 1. The summed E-state index contributed by atoms with van der Waals surface area (Å²) in [6.45, 7) is 4.53. The van der Waals surface area contributed by atoms with Gasteiger partial charge >= 0.3 is 0 Å². The summed E-state index contributed by atoms with van der Waals surface area (Å²) in [5.41, 5.74) is 1.42. The summed E-state index contributed by atoms with van der Waals surface area (Å²) in [6, 6.07) is 19.3. The summed E-state index contributed by atoms with van der Waals surface area (Å²) in [6.07, 6.45) is 6.66. The molecule has 7 heteroatoms. The molecule has 0 spiro atoms. The Morgan fingerprint density at radius 2 is 1.63 bits per heavy atom. The van der Waals surface area contributed by atoms with Crippen LogP contribution in [0.25, 0.3) is 0 Å². The van der Waals surface area contributed by atoms with Crippen LogP contribution in [-0.2, 0) is 15.8 Å². The molecule has 1 aliphatic rings. The van der Waals surface area contributed by atoms with Gasteiger partial charge in [0.15, 0.2) is 0 Å². The molecule has 0 radical (unpaired) electrons. The lowest BCUT2D eigenvalue weighted by Crippen LogP contribution is -2.45. The van der Waals surface area contributed by atoms with Crippen molar-refractivity contribution in [3.05, 3.63) is 95.0 Å². The maximum absolute atomic E-state index is 11.9. The van der Waals surface area contributed by atoms with E-state index in [1.807, 2.05) is 60.7 Å². The average Bonchev–Trinajstić information content (AvgIpc) is 2.89. The van der Waals surface area contributed by atoms with Crippen LogP contribution in [0.5, 0.6) is 0 Å². The van der Waals surface area contributed by atoms with Crippen molar-refractivity contribution >= 4 is 17.5 Å². The normalized spacial score (nSPS) is 16.1. The lowest BCUT2D eigenvalue weighted by atomic mass is 9.75. The van der Waals surface area contributed by atoms with E-state index in [2.05, 4.69) is 20.2 Å². The van der Waals surface area contributed by atoms with Gasteiger partial charge in [0, 0.05) is 44.0 Å². The predicted octanol–water partition coefficient (Wildman–Crippen LogP) is 4.32. The first-order chi connectivity index (χ1) is 16.9. The van der Waals surface area contributed by atoms with E-state index >= 15 is 0 Å². The van der Waals surface area contributed by atoms with Gasteiger partial charge in [-0.3, -0.25) is 14.8 Å². The lowest BCUT2D eigenvalue weighted by Gasteiger charge is -2.39. The van der Waals surface area contributed by atoms with Crippen LogP contribution in [0.2, 0.25) is 5.02 Å². The average molecular weight is 493 g/mol. The van der Waals surface area contributed by atoms with Gasteiger partial charge in [-0.15, -0.1) is 0 Å². The van der Waals surface area contributed by atoms with Gasteiger partial charge in [-0.25, -0.2) is 0 Å². The Hall–Kier alpha value is -2.80. The van der Waals surface area contributed by atoms with E-state index in [4.69, 9.17) is 11.6 Å². The molecular weight excluding hydrogens is 460 g/mol. The molecule has 1 amide bonds. The highest BCUT2D eigenvalue weighted by Crippen LogP contribution is 2.36. The Morgan fingerprint density at radius 3 is 2.14 bits per heavy atom. The highest BCUT2D eigenvalue weighted by atomic mass is 35.5. The molecule has 35 heavy (non-hydrogen) atoms. The number of hydrogen-bond donors (Lipinski definition) is 2. The van der Waals surface area contributed by atoms with Crippen LogP contribution < -0.4 is 5.32 Å². The Bertz CT molecular complexity index is 1050. The summed E-state index contributed by atoms with van der Waals surface area (Å²) in [7, 11) is 0. The topological polar surface area (TPSA) is 78.4 Å². The fourth-order valence-electron chi connectivity index (χ4n) is 5.02. The SMILES string of the molecule is CC(=O)NCC(CCCN1CCC(O)(c2ccc(Cl)cc2)CC1)(c1ccccn1)c1ccccn1. The van der Waals surface area contributed by atoms with Gasteiger partial charge in [0.05, 0.1) is 22.4 Å². The largest absolute Gasteiger partial charge is 0.385 e. The van der Waals surface area contributed by atoms with Gasteiger partial charge in [-0.1, -0.05) is 35.9 Å². The first-order valence-electron chi connectivity index (χ1n) is 12.2. The van der Waals surface area contributed by atoms with Crippen LogP contribution >= 0.6 is 11.6 Å². The van der Waals surface area contributed by atoms with E-state index in [9.17, 15) is 9.90 Å². The lowest BCUT2D eigenvalue weighted by molar-refractivity contribution is -0.119. The van der Waals surface area contributed by atoms with E-state index in [-0.39, 0.29) is 5.91 Å². The third-order valence-electron chi connectivity index (χ3n) is 7.09. The van der Waals surface area contributed by atoms with Crippen molar-refractivity contribution in [1.82, 2.24) is 20.2 Å². The summed E-state index contributed by atoms with van der Waals surface area (Å²) in [5.74, 6) is -0.0706. The third kappa shape index (κ3) is 6.07. The minimum absolute atomic E-state index is 0.0706. The van der Waals surface area contributed by atoms with Crippen molar-refractivity contribution in [3.8, 4) is 0 Å². The number of pyridine rings is 2. The second-order valence-corrected chi connectivity index (χ2v) is 9.84. The van der Waals surface area contributed by atoms with E-state index in [1.165, 1.54) is 6.92 Å². The molecule has 1 aliphatic heterocycles. The van der Waals surface area contributed by atoms with Gasteiger partial charge in [0.2, 0.25) is 5.91 Å². The van der Waals surface area contributed by atoms with Crippen molar-refractivity contribution in [1.29, 1.82) is 0 Å². The first-order valence-corrected chi connectivity index (χ1v) is 12.6.